The minimum atomic E-state index is 0.285. The van der Waals surface area contributed by atoms with E-state index >= 15 is 0 Å². The molecule has 0 aromatic heterocycles. The van der Waals surface area contributed by atoms with Crippen molar-refractivity contribution in [3.05, 3.63) is 63.6 Å². The largest absolute Gasteiger partial charge is 0.497 e. The minimum absolute atomic E-state index is 0.285. The lowest BCUT2D eigenvalue weighted by Crippen LogP contribution is -2.30. The first kappa shape index (κ1) is 16.2. The number of methoxy groups -OCH3 is 1. The Hall–Kier alpha value is -1.22. The van der Waals surface area contributed by atoms with Crippen molar-refractivity contribution < 1.29 is 4.74 Å². The van der Waals surface area contributed by atoms with E-state index in [-0.39, 0.29) is 6.04 Å². The zero-order valence-corrected chi connectivity index (χ0v) is 13.7. The molecule has 0 spiro atoms. The number of hydrogen-bond acceptors (Lipinski definition) is 2. The van der Waals surface area contributed by atoms with Crippen LogP contribution in [0, 0.1) is 0 Å². The molecule has 0 aliphatic rings. The molecule has 1 atom stereocenters. The van der Waals surface area contributed by atoms with Crippen molar-refractivity contribution >= 4 is 23.2 Å². The van der Waals surface area contributed by atoms with Gasteiger partial charge in [-0.3, -0.25) is 0 Å². The van der Waals surface area contributed by atoms with Crippen LogP contribution in [-0.2, 0) is 12.8 Å². The molecule has 2 rings (SSSR count). The maximum atomic E-state index is 6.24. The minimum Gasteiger partial charge on any atom is -0.497 e. The Kier molecular flexibility index (Phi) is 5.92. The molecule has 1 N–H and O–H groups in total. The van der Waals surface area contributed by atoms with Crippen LogP contribution in [0.15, 0.2) is 42.5 Å². The summed E-state index contributed by atoms with van der Waals surface area (Å²) in [6.45, 7) is 0. The SMILES string of the molecule is CNC(Cc1cccc(OC)c1)Cc1cc(Cl)ccc1Cl. The number of ether oxygens (including phenoxy) is 1. The normalized spacial score (nSPS) is 12.2. The molecule has 1 unspecified atom stereocenters. The van der Waals surface area contributed by atoms with Gasteiger partial charge in [0.1, 0.15) is 5.75 Å². The fourth-order valence-corrected chi connectivity index (χ4v) is 2.71. The molecule has 0 aliphatic heterocycles. The molecule has 0 aliphatic carbocycles. The monoisotopic (exact) mass is 323 g/mol. The van der Waals surface area contributed by atoms with Gasteiger partial charge in [0.25, 0.3) is 0 Å². The van der Waals surface area contributed by atoms with E-state index in [1.807, 2.05) is 37.4 Å². The molecule has 2 aromatic rings. The molecule has 0 saturated carbocycles. The first-order valence-corrected chi connectivity index (χ1v) is 7.62. The summed E-state index contributed by atoms with van der Waals surface area (Å²) in [6.07, 6.45) is 1.73. The van der Waals surface area contributed by atoms with Crippen LogP contribution < -0.4 is 10.1 Å². The number of hydrogen-bond donors (Lipinski definition) is 1. The van der Waals surface area contributed by atoms with Gasteiger partial charge in [0.05, 0.1) is 7.11 Å². The van der Waals surface area contributed by atoms with Crippen molar-refractivity contribution in [2.45, 2.75) is 18.9 Å². The Morgan fingerprint density at radius 1 is 1.10 bits per heavy atom. The van der Waals surface area contributed by atoms with E-state index in [9.17, 15) is 0 Å². The molecule has 21 heavy (non-hydrogen) atoms. The lowest BCUT2D eigenvalue weighted by Gasteiger charge is -2.17. The van der Waals surface area contributed by atoms with Gasteiger partial charge in [0, 0.05) is 16.1 Å². The van der Waals surface area contributed by atoms with Crippen LogP contribution >= 0.6 is 23.2 Å². The lowest BCUT2D eigenvalue weighted by molar-refractivity contribution is 0.414. The van der Waals surface area contributed by atoms with E-state index < -0.39 is 0 Å². The third kappa shape index (κ3) is 4.63. The van der Waals surface area contributed by atoms with Crippen LogP contribution in [0.25, 0.3) is 0 Å². The summed E-state index contributed by atoms with van der Waals surface area (Å²) in [4.78, 5) is 0. The quantitative estimate of drug-likeness (QED) is 0.852. The summed E-state index contributed by atoms with van der Waals surface area (Å²) < 4.78 is 5.26. The standard InChI is InChI=1S/C17H19Cl2NO/c1-20-15(8-12-4-3-5-16(9-12)21-2)11-13-10-14(18)6-7-17(13)19/h3-7,9-10,15,20H,8,11H2,1-2H3. The van der Waals surface area contributed by atoms with Gasteiger partial charge in [-0.2, -0.15) is 0 Å². The van der Waals surface area contributed by atoms with Crippen molar-refractivity contribution in [1.29, 1.82) is 0 Å². The van der Waals surface area contributed by atoms with Gasteiger partial charge in [-0.15, -0.1) is 0 Å². The number of nitrogens with one attached hydrogen (secondary N) is 1. The number of likely N-dealkylation sites (N-methyl/N-ethyl adjacent to an activating group) is 1. The van der Waals surface area contributed by atoms with Gasteiger partial charge in [-0.25, -0.2) is 0 Å². The molecule has 0 heterocycles. The Morgan fingerprint density at radius 2 is 1.90 bits per heavy atom. The zero-order valence-electron chi connectivity index (χ0n) is 12.2. The molecule has 4 heteroatoms. The second kappa shape index (κ2) is 7.69. The summed E-state index contributed by atoms with van der Waals surface area (Å²) in [5.74, 6) is 0.878. The molecule has 2 nitrogen and oxygen atoms in total. The first-order chi connectivity index (χ1) is 10.1. The maximum Gasteiger partial charge on any atom is 0.119 e. The Morgan fingerprint density at radius 3 is 2.62 bits per heavy atom. The number of benzene rings is 2. The van der Waals surface area contributed by atoms with E-state index in [0.717, 1.165) is 29.2 Å². The van der Waals surface area contributed by atoms with E-state index in [4.69, 9.17) is 27.9 Å². The number of halogens is 2. The van der Waals surface area contributed by atoms with Gasteiger partial charge in [0.2, 0.25) is 0 Å². The molecular formula is C17H19Cl2NO. The summed E-state index contributed by atoms with van der Waals surface area (Å²) in [5.41, 5.74) is 2.29. The lowest BCUT2D eigenvalue weighted by atomic mass is 9.99. The fourth-order valence-electron chi connectivity index (χ4n) is 2.33. The molecule has 0 fully saturated rings. The molecule has 112 valence electrons. The van der Waals surface area contributed by atoms with E-state index in [1.165, 1.54) is 5.56 Å². The van der Waals surface area contributed by atoms with Crippen molar-refractivity contribution in [2.75, 3.05) is 14.2 Å². The summed E-state index contributed by atoms with van der Waals surface area (Å²) in [5, 5.41) is 4.81. The topological polar surface area (TPSA) is 21.3 Å². The maximum absolute atomic E-state index is 6.24. The summed E-state index contributed by atoms with van der Waals surface area (Å²) in [7, 11) is 3.64. The number of rotatable bonds is 6. The van der Waals surface area contributed by atoms with E-state index in [2.05, 4.69) is 17.4 Å². The van der Waals surface area contributed by atoms with Crippen LogP contribution in [0.4, 0.5) is 0 Å². The smallest absolute Gasteiger partial charge is 0.119 e. The van der Waals surface area contributed by atoms with Crippen LogP contribution in [0.1, 0.15) is 11.1 Å². The first-order valence-electron chi connectivity index (χ1n) is 6.86. The predicted octanol–water partition coefficient (Wildman–Crippen LogP) is 4.38. The van der Waals surface area contributed by atoms with Crippen LogP contribution in [0.2, 0.25) is 10.0 Å². The molecule has 0 radical (unpaired) electrons. The van der Waals surface area contributed by atoms with Crippen molar-refractivity contribution in [3.63, 3.8) is 0 Å². The molecule has 0 bridgehead atoms. The van der Waals surface area contributed by atoms with Gasteiger partial charge in [-0.05, 0) is 61.3 Å². The molecular weight excluding hydrogens is 305 g/mol. The Bertz CT molecular complexity index is 601. The predicted molar refractivity (Wildman–Crippen MR) is 89.7 cm³/mol. The highest BCUT2D eigenvalue weighted by Crippen LogP contribution is 2.23. The zero-order chi connectivity index (χ0) is 15.2. The van der Waals surface area contributed by atoms with Crippen molar-refractivity contribution in [2.24, 2.45) is 0 Å². The second-order valence-corrected chi connectivity index (χ2v) is 5.82. The third-order valence-corrected chi connectivity index (χ3v) is 4.10. The highest BCUT2D eigenvalue weighted by atomic mass is 35.5. The van der Waals surface area contributed by atoms with E-state index in [0.29, 0.717) is 5.02 Å². The highest BCUT2D eigenvalue weighted by molar-refractivity contribution is 6.33. The molecule has 0 amide bonds. The molecule has 0 saturated heterocycles. The average molecular weight is 324 g/mol. The fraction of sp³-hybridized carbons (Fsp3) is 0.294. The Balaban J connectivity index is 2.10. The third-order valence-electron chi connectivity index (χ3n) is 3.50. The van der Waals surface area contributed by atoms with Gasteiger partial charge in [0.15, 0.2) is 0 Å². The summed E-state index contributed by atoms with van der Waals surface area (Å²) >= 11 is 12.3. The Labute approximate surface area is 136 Å². The van der Waals surface area contributed by atoms with Crippen LogP contribution in [0.5, 0.6) is 5.75 Å². The van der Waals surface area contributed by atoms with Crippen molar-refractivity contribution in [3.8, 4) is 5.75 Å². The van der Waals surface area contributed by atoms with Crippen molar-refractivity contribution in [1.82, 2.24) is 5.32 Å². The van der Waals surface area contributed by atoms with Gasteiger partial charge < -0.3 is 10.1 Å². The summed E-state index contributed by atoms with van der Waals surface area (Å²) in [6, 6.07) is 14.0. The van der Waals surface area contributed by atoms with E-state index in [1.54, 1.807) is 7.11 Å². The van der Waals surface area contributed by atoms with Gasteiger partial charge >= 0.3 is 0 Å². The van der Waals surface area contributed by atoms with Gasteiger partial charge in [-0.1, -0.05) is 35.3 Å². The van der Waals surface area contributed by atoms with Crippen LogP contribution in [-0.4, -0.2) is 20.2 Å². The average Bonchev–Trinajstić information content (AvgIpc) is 2.50. The van der Waals surface area contributed by atoms with Crippen LogP contribution in [0.3, 0.4) is 0 Å². The molecule has 2 aromatic carbocycles. The second-order valence-electron chi connectivity index (χ2n) is 4.98. The highest BCUT2D eigenvalue weighted by Gasteiger charge is 2.12.